The smallest absolute Gasteiger partial charge is 0.226 e. The van der Waals surface area contributed by atoms with Gasteiger partial charge in [0.2, 0.25) is 5.89 Å². The van der Waals surface area contributed by atoms with Crippen LogP contribution in [-0.2, 0) is 6.61 Å². The molecule has 0 aliphatic carbocycles. The van der Waals surface area contributed by atoms with Crippen molar-refractivity contribution in [2.75, 3.05) is 0 Å². The van der Waals surface area contributed by atoms with E-state index < -0.39 is 5.82 Å². The first-order valence-corrected chi connectivity index (χ1v) is 7.54. The number of halogens is 2. The second kappa shape index (κ2) is 6.84. The molecule has 0 spiro atoms. The van der Waals surface area contributed by atoms with Gasteiger partial charge in [0.25, 0.3) is 0 Å². The number of hydrogen-bond donors (Lipinski definition) is 0. The number of rotatable bonds is 5. The highest BCUT2D eigenvalue weighted by molar-refractivity contribution is 6.30. The Kier molecular flexibility index (Phi) is 4.62. The summed E-state index contributed by atoms with van der Waals surface area (Å²) in [6, 6.07) is 10.9. The second-order valence-electron chi connectivity index (χ2n) is 5.14. The molecule has 0 fully saturated rings. The van der Waals surface area contributed by atoms with E-state index in [0.717, 1.165) is 11.6 Å². The Labute approximate surface area is 142 Å². The first kappa shape index (κ1) is 16.2. The van der Waals surface area contributed by atoms with Crippen LogP contribution in [0.25, 0.3) is 11.5 Å². The number of hydrogen-bond acceptors (Lipinski definition) is 4. The summed E-state index contributed by atoms with van der Waals surface area (Å²) in [6.45, 7) is 1.45. The fourth-order valence-corrected chi connectivity index (χ4v) is 2.37. The minimum Gasteiger partial charge on any atom is -0.486 e. The average Bonchev–Trinajstić information content (AvgIpc) is 3.02. The van der Waals surface area contributed by atoms with Crippen LogP contribution in [0, 0.1) is 5.82 Å². The molecule has 0 saturated heterocycles. The van der Waals surface area contributed by atoms with Crippen molar-refractivity contribution in [3.05, 3.63) is 70.8 Å². The summed E-state index contributed by atoms with van der Waals surface area (Å²) in [5.74, 6) is -0.0419. The summed E-state index contributed by atoms with van der Waals surface area (Å²) >= 11 is 5.95. The van der Waals surface area contributed by atoms with Gasteiger partial charge in [-0.05, 0) is 43.3 Å². The summed E-state index contributed by atoms with van der Waals surface area (Å²) in [6.07, 6.45) is 1.47. The van der Waals surface area contributed by atoms with Gasteiger partial charge in [0, 0.05) is 10.6 Å². The number of carbonyl (C=O) groups is 1. The summed E-state index contributed by atoms with van der Waals surface area (Å²) in [5.41, 5.74) is 1.48. The topological polar surface area (TPSA) is 52.3 Å². The van der Waals surface area contributed by atoms with E-state index in [0.29, 0.717) is 22.4 Å². The number of aromatic nitrogens is 1. The lowest BCUT2D eigenvalue weighted by Crippen LogP contribution is -2.02. The normalized spacial score (nSPS) is 10.6. The lowest BCUT2D eigenvalue weighted by Gasteiger charge is -2.08. The maximum Gasteiger partial charge on any atom is 0.226 e. The van der Waals surface area contributed by atoms with Crippen molar-refractivity contribution in [1.29, 1.82) is 0 Å². The molecule has 2 aromatic carbocycles. The molecule has 6 heteroatoms. The molecule has 0 N–H and O–H groups in total. The van der Waals surface area contributed by atoms with E-state index in [1.807, 2.05) is 6.07 Å². The van der Waals surface area contributed by atoms with Crippen LogP contribution in [0.3, 0.4) is 0 Å². The minimum atomic E-state index is -0.489. The molecule has 0 bridgehead atoms. The monoisotopic (exact) mass is 345 g/mol. The van der Waals surface area contributed by atoms with Gasteiger partial charge in [-0.2, -0.15) is 0 Å². The SMILES string of the molecule is CC(=O)c1cc(F)ccc1OCc1coc(-c2cccc(Cl)c2)n1. The molecular weight excluding hydrogens is 333 g/mol. The summed E-state index contributed by atoms with van der Waals surface area (Å²) in [5, 5.41) is 0.584. The Morgan fingerprint density at radius 3 is 2.88 bits per heavy atom. The Bertz CT molecular complexity index is 891. The average molecular weight is 346 g/mol. The Balaban J connectivity index is 1.76. The predicted octanol–water partition coefficient (Wildman–Crippen LogP) is 4.92. The first-order chi connectivity index (χ1) is 11.5. The molecule has 0 aliphatic heterocycles. The zero-order valence-electron chi connectivity index (χ0n) is 12.8. The highest BCUT2D eigenvalue weighted by Crippen LogP contribution is 2.24. The number of ether oxygens (including phenoxy) is 1. The molecule has 1 heterocycles. The maximum atomic E-state index is 13.2. The number of nitrogens with zero attached hydrogens (tertiary/aromatic N) is 1. The molecule has 1 aromatic heterocycles. The molecule has 0 saturated carbocycles. The van der Waals surface area contributed by atoms with Crippen molar-refractivity contribution in [2.45, 2.75) is 13.5 Å². The predicted molar refractivity (Wildman–Crippen MR) is 87.7 cm³/mol. The number of carbonyl (C=O) groups excluding carboxylic acids is 1. The third-order valence-electron chi connectivity index (χ3n) is 3.32. The fraction of sp³-hybridized carbons (Fsp3) is 0.111. The summed E-state index contributed by atoms with van der Waals surface area (Å²) < 4.78 is 24.2. The minimum absolute atomic E-state index is 0.0932. The molecule has 0 unspecified atom stereocenters. The van der Waals surface area contributed by atoms with Gasteiger partial charge in [0.15, 0.2) is 5.78 Å². The van der Waals surface area contributed by atoms with Gasteiger partial charge >= 0.3 is 0 Å². The highest BCUT2D eigenvalue weighted by Gasteiger charge is 2.12. The zero-order chi connectivity index (χ0) is 17.1. The number of benzene rings is 2. The maximum absolute atomic E-state index is 13.2. The van der Waals surface area contributed by atoms with Crippen LogP contribution in [-0.4, -0.2) is 10.8 Å². The quantitative estimate of drug-likeness (QED) is 0.616. The Hall–Kier alpha value is -2.66. The van der Waals surface area contributed by atoms with Crippen LogP contribution in [0.4, 0.5) is 4.39 Å². The van der Waals surface area contributed by atoms with Crippen LogP contribution < -0.4 is 4.74 Å². The van der Waals surface area contributed by atoms with Gasteiger partial charge in [0.05, 0.1) is 5.56 Å². The van der Waals surface area contributed by atoms with E-state index in [-0.39, 0.29) is 18.0 Å². The van der Waals surface area contributed by atoms with E-state index in [1.54, 1.807) is 18.2 Å². The molecule has 0 aliphatic rings. The lowest BCUT2D eigenvalue weighted by atomic mass is 10.1. The van der Waals surface area contributed by atoms with Crippen LogP contribution in [0.15, 0.2) is 53.1 Å². The van der Waals surface area contributed by atoms with E-state index in [9.17, 15) is 9.18 Å². The van der Waals surface area contributed by atoms with E-state index in [4.69, 9.17) is 20.8 Å². The molecule has 3 rings (SSSR count). The van der Waals surface area contributed by atoms with Gasteiger partial charge in [-0.3, -0.25) is 4.79 Å². The molecule has 3 aromatic rings. The van der Waals surface area contributed by atoms with Gasteiger partial charge in [-0.25, -0.2) is 9.37 Å². The van der Waals surface area contributed by atoms with Crippen molar-refractivity contribution in [3.8, 4) is 17.2 Å². The van der Waals surface area contributed by atoms with E-state index in [2.05, 4.69) is 4.98 Å². The zero-order valence-corrected chi connectivity index (χ0v) is 13.5. The fourth-order valence-electron chi connectivity index (χ4n) is 2.18. The lowest BCUT2D eigenvalue weighted by molar-refractivity contribution is 0.101. The third kappa shape index (κ3) is 3.63. The number of ketones is 1. The van der Waals surface area contributed by atoms with Gasteiger partial charge in [0.1, 0.15) is 30.1 Å². The van der Waals surface area contributed by atoms with Gasteiger partial charge < -0.3 is 9.15 Å². The van der Waals surface area contributed by atoms with Crippen LogP contribution >= 0.6 is 11.6 Å². The van der Waals surface area contributed by atoms with Crippen LogP contribution in [0.5, 0.6) is 5.75 Å². The molecule has 0 radical (unpaired) electrons. The molecule has 122 valence electrons. The number of Topliss-reactive ketones (excluding diaryl/α,β-unsaturated/α-hetero) is 1. The van der Waals surface area contributed by atoms with Gasteiger partial charge in [-0.1, -0.05) is 17.7 Å². The van der Waals surface area contributed by atoms with Crippen molar-refractivity contribution in [2.24, 2.45) is 0 Å². The summed E-state index contributed by atoms with van der Waals surface area (Å²) in [4.78, 5) is 15.9. The molecule has 0 amide bonds. The van der Waals surface area contributed by atoms with E-state index >= 15 is 0 Å². The van der Waals surface area contributed by atoms with Crippen molar-refractivity contribution in [3.63, 3.8) is 0 Å². The van der Waals surface area contributed by atoms with E-state index in [1.165, 1.54) is 25.3 Å². The van der Waals surface area contributed by atoms with Crippen molar-refractivity contribution in [1.82, 2.24) is 4.98 Å². The van der Waals surface area contributed by atoms with Crippen LogP contribution in [0.1, 0.15) is 23.0 Å². The standard InChI is InChI=1S/C18H13ClFNO3/c1-11(22)16-8-14(20)5-6-17(16)23-9-15-10-24-18(21-15)12-3-2-4-13(19)7-12/h2-8,10H,9H2,1H3. The molecular formula is C18H13ClFNO3. The third-order valence-corrected chi connectivity index (χ3v) is 3.55. The summed E-state index contributed by atoms with van der Waals surface area (Å²) in [7, 11) is 0. The molecule has 4 nitrogen and oxygen atoms in total. The van der Waals surface area contributed by atoms with Crippen LogP contribution in [0.2, 0.25) is 5.02 Å². The Morgan fingerprint density at radius 2 is 2.12 bits per heavy atom. The second-order valence-corrected chi connectivity index (χ2v) is 5.58. The molecule has 24 heavy (non-hydrogen) atoms. The molecule has 0 atom stereocenters. The first-order valence-electron chi connectivity index (χ1n) is 7.16. The largest absolute Gasteiger partial charge is 0.486 e. The highest BCUT2D eigenvalue weighted by atomic mass is 35.5. The van der Waals surface area contributed by atoms with Crippen molar-refractivity contribution >= 4 is 17.4 Å². The Morgan fingerprint density at radius 1 is 1.29 bits per heavy atom. The number of oxazole rings is 1. The van der Waals surface area contributed by atoms with Gasteiger partial charge in [-0.15, -0.1) is 0 Å². The van der Waals surface area contributed by atoms with Crippen molar-refractivity contribution < 1.29 is 18.3 Å².